The van der Waals surface area contributed by atoms with Crippen LogP contribution in [-0.2, 0) is 0 Å². The molecule has 0 aliphatic heterocycles. The minimum atomic E-state index is 0.783. The molecule has 0 nitrogen and oxygen atoms in total. The molecule has 10 atom stereocenters. The van der Waals surface area contributed by atoms with Gasteiger partial charge in [0, 0.05) is 0 Å². The molecular weight excluding hydrogens is 396 g/mol. The SMILES string of the molecule is CC1=C(C)C2C(C)C(C)C(CCCC3C(C)C(C)C4C(C)=C(C)C(C)=C(C)C34)C2C(C)=C1C. The summed E-state index contributed by atoms with van der Waals surface area (Å²) in [5, 5.41) is 0. The highest BCUT2D eigenvalue weighted by atomic mass is 14.6. The quantitative estimate of drug-likeness (QED) is 0.401. The van der Waals surface area contributed by atoms with E-state index >= 15 is 0 Å². The lowest BCUT2D eigenvalue weighted by atomic mass is 9.69. The molecule has 0 N–H and O–H groups in total. The molecule has 0 saturated heterocycles. The maximum atomic E-state index is 2.57. The third-order valence-electron chi connectivity index (χ3n) is 12.4. The number of fused-ring (bicyclic) bond motifs is 2. The maximum absolute atomic E-state index is 2.57. The average Bonchev–Trinajstić information content (AvgIpc) is 3.19. The predicted octanol–water partition coefficient (Wildman–Crippen LogP) is 9.80. The van der Waals surface area contributed by atoms with E-state index in [0.717, 1.165) is 59.2 Å². The van der Waals surface area contributed by atoms with Crippen LogP contribution in [0.3, 0.4) is 0 Å². The first-order valence-electron chi connectivity index (χ1n) is 14.1. The van der Waals surface area contributed by atoms with E-state index < -0.39 is 0 Å². The van der Waals surface area contributed by atoms with Crippen molar-refractivity contribution in [3.05, 3.63) is 44.6 Å². The van der Waals surface area contributed by atoms with Crippen LogP contribution in [-0.4, -0.2) is 0 Å². The van der Waals surface area contributed by atoms with E-state index in [4.69, 9.17) is 0 Å². The fourth-order valence-electron chi connectivity index (χ4n) is 9.44. The van der Waals surface area contributed by atoms with Crippen LogP contribution in [0.4, 0.5) is 0 Å². The van der Waals surface area contributed by atoms with E-state index in [2.05, 4.69) is 83.1 Å². The van der Waals surface area contributed by atoms with Crippen molar-refractivity contribution < 1.29 is 0 Å². The van der Waals surface area contributed by atoms with Gasteiger partial charge in [-0.25, -0.2) is 0 Å². The van der Waals surface area contributed by atoms with Crippen LogP contribution in [0.25, 0.3) is 0 Å². The van der Waals surface area contributed by atoms with Crippen molar-refractivity contribution in [2.24, 2.45) is 59.2 Å². The Hall–Kier alpha value is -1.04. The van der Waals surface area contributed by atoms with E-state index in [9.17, 15) is 0 Å². The average molecular weight is 449 g/mol. The van der Waals surface area contributed by atoms with Gasteiger partial charge >= 0.3 is 0 Å². The molecule has 0 heterocycles. The van der Waals surface area contributed by atoms with E-state index in [0.29, 0.717) is 0 Å². The van der Waals surface area contributed by atoms with Crippen LogP contribution in [0.5, 0.6) is 0 Å². The normalized spacial score (nSPS) is 43.6. The zero-order valence-electron chi connectivity index (χ0n) is 23.9. The monoisotopic (exact) mass is 448 g/mol. The number of allylic oxidation sites excluding steroid dienone is 8. The van der Waals surface area contributed by atoms with Crippen molar-refractivity contribution in [2.75, 3.05) is 0 Å². The minimum Gasteiger partial charge on any atom is -0.0661 e. The van der Waals surface area contributed by atoms with Crippen LogP contribution in [0, 0.1) is 59.2 Å². The van der Waals surface area contributed by atoms with Crippen LogP contribution in [0.15, 0.2) is 44.6 Å². The summed E-state index contributed by atoms with van der Waals surface area (Å²) in [6.45, 7) is 29.6. The van der Waals surface area contributed by atoms with E-state index in [1.807, 2.05) is 0 Å². The first-order chi connectivity index (χ1) is 15.4. The Morgan fingerprint density at radius 2 is 0.667 bits per heavy atom. The molecule has 0 aromatic heterocycles. The van der Waals surface area contributed by atoms with Gasteiger partial charge in [-0.1, -0.05) is 56.4 Å². The van der Waals surface area contributed by atoms with Gasteiger partial charge in [-0.05, 0) is 150 Å². The summed E-state index contributed by atoms with van der Waals surface area (Å²) in [5.41, 5.74) is 13.2. The van der Waals surface area contributed by atoms with Gasteiger partial charge in [0.1, 0.15) is 0 Å². The summed E-state index contributed by atoms with van der Waals surface area (Å²) in [5.74, 6) is 8.17. The van der Waals surface area contributed by atoms with Gasteiger partial charge in [-0.2, -0.15) is 0 Å². The Morgan fingerprint density at radius 1 is 0.394 bits per heavy atom. The second-order valence-corrected chi connectivity index (χ2v) is 13.0. The lowest BCUT2D eigenvalue weighted by Gasteiger charge is -2.36. The fraction of sp³-hybridized carbons (Fsp3) is 0.758. The summed E-state index contributed by atoms with van der Waals surface area (Å²) in [6, 6.07) is 0. The molecule has 2 saturated carbocycles. The lowest BCUT2D eigenvalue weighted by molar-refractivity contribution is 0.259. The Morgan fingerprint density at radius 3 is 0.970 bits per heavy atom. The van der Waals surface area contributed by atoms with Crippen LogP contribution in [0.1, 0.15) is 102 Å². The van der Waals surface area contributed by atoms with Crippen LogP contribution >= 0.6 is 0 Å². The largest absolute Gasteiger partial charge is 0.0661 e. The highest BCUT2D eigenvalue weighted by Crippen LogP contribution is 2.59. The molecule has 4 aliphatic carbocycles. The topological polar surface area (TPSA) is 0 Å². The number of rotatable bonds is 4. The van der Waals surface area contributed by atoms with Crippen molar-refractivity contribution in [2.45, 2.75) is 102 Å². The van der Waals surface area contributed by atoms with Gasteiger partial charge in [0.05, 0.1) is 0 Å². The smallest absolute Gasteiger partial charge is 0.0101 e. The third-order valence-corrected chi connectivity index (χ3v) is 12.4. The zero-order chi connectivity index (χ0) is 24.5. The molecule has 4 aliphatic rings. The van der Waals surface area contributed by atoms with E-state index in [1.165, 1.54) is 19.3 Å². The van der Waals surface area contributed by atoms with Crippen molar-refractivity contribution in [1.82, 2.24) is 0 Å². The predicted molar refractivity (Wildman–Crippen MR) is 145 cm³/mol. The summed E-state index contributed by atoms with van der Waals surface area (Å²) < 4.78 is 0. The van der Waals surface area contributed by atoms with Gasteiger partial charge in [0.15, 0.2) is 0 Å². The molecule has 4 rings (SSSR count). The second-order valence-electron chi connectivity index (χ2n) is 13.0. The van der Waals surface area contributed by atoms with Gasteiger partial charge in [0.2, 0.25) is 0 Å². The minimum absolute atomic E-state index is 0.783. The third kappa shape index (κ3) is 3.60. The first kappa shape index (κ1) is 25.1. The summed E-state index contributed by atoms with van der Waals surface area (Å²) in [6.07, 6.45) is 4.26. The Bertz CT molecular complexity index is 857. The summed E-state index contributed by atoms with van der Waals surface area (Å²) in [4.78, 5) is 0. The molecule has 2 fully saturated rings. The van der Waals surface area contributed by atoms with Crippen LogP contribution < -0.4 is 0 Å². The Balaban J connectivity index is 1.52. The molecular formula is C33H52. The standard InChI is InChI=1S/C33H52/c1-16-18(3)24(9)32-28(20(5)26(11)30(32)22(16)7)14-13-15-29-21(6)27(12)31-23(8)17(2)19(4)25(10)33(29)31/h20-21,26-33H,13-15H2,1-12H3. The van der Waals surface area contributed by atoms with Crippen molar-refractivity contribution >= 4 is 0 Å². The number of hydrogen-bond acceptors (Lipinski definition) is 0. The first-order valence-corrected chi connectivity index (χ1v) is 14.1. The molecule has 0 aromatic carbocycles. The maximum Gasteiger partial charge on any atom is -0.0101 e. The highest BCUT2D eigenvalue weighted by molar-refractivity contribution is 5.44. The molecule has 184 valence electrons. The molecule has 0 heteroatoms. The molecule has 0 amide bonds. The van der Waals surface area contributed by atoms with Crippen molar-refractivity contribution in [3.63, 3.8) is 0 Å². The molecule has 0 radical (unpaired) electrons. The molecule has 0 bridgehead atoms. The molecule has 33 heavy (non-hydrogen) atoms. The van der Waals surface area contributed by atoms with Crippen molar-refractivity contribution in [3.8, 4) is 0 Å². The van der Waals surface area contributed by atoms with E-state index in [-0.39, 0.29) is 0 Å². The van der Waals surface area contributed by atoms with Gasteiger partial charge in [0.25, 0.3) is 0 Å². The Kier molecular flexibility index (Phi) is 6.74. The van der Waals surface area contributed by atoms with Gasteiger partial charge in [-0.15, -0.1) is 0 Å². The van der Waals surface area contributed by atoms with Crippen molar-refractivity contribution in [1.29, 1.82) is 0 Å². The van der Waals surface area contributed by atoms with Gasteiger partial charge < -0.3 is 0 Å². The summed E-state index contributed by atoms with van der Waals surface area (Å²) in [7, 11) is 0. The lowest BCUT2D eigenvalue weighted by Crippen LogP contribution is -2.26. The summed E-state index contributed by atoms with van der Waals surface area (Å²) >= 11 is 0. The highest BCUT2D eigenvalue weighted by Gasteiger charge is 2.51. The molecule has 0 aromatic rings. The zero-order valence-corrected chi connectivity index (χ0v) is 23.9. The fourth-order valence-corrected chi connectivity index (χ4v) is 9.44. The van der Waals surface area contributed by atoms with Crippen LogP contribution in [0.2, 0.25) is 0 Å². The second kappa shape index (κ2) is 8.87. The van der Waals surface area contributed by atoms with E-state index in [1.54, 1.807) is 44.6 Å². The number of hydrogen-bond donors (Lipinski definition) is 0. The molecule has 0 spiro atoms. The Labute approximate surface area is 206 Å². The van der Waals surface area contributed by atoms with Gasteiger partial charge in [-0.3, -0.25) is 0 Å². The molecule has 10 unspecified atom stereocenters.